The Morgan fingerprint density at radius 2 is 2.15 bits per heavy atom. The van der Waals surface area contributed by atoms with Crippen molar-refractivity contribution in [1.82, 2.24) is 0 Å². The molecule has 0 radical (unpaired) electrons. The zero-order chi connectivity index (χ0) is 9.90. The molecule has 0 fully saturated rings. The number of hydrogen-bond donors (Lipinski definition) is 0. The minimum absolute atomic E-state index is 0.244. The summed E-state index contributed by atoms with van der Waals surface area (Å²) in [6.07, 6.45) is 0.585. The topological polar surface area (TPSA) is 23.8 Å². The van der Waals surface area contributed by atoms with Crippen molar-refractivity contribution in [3.8, 4) is 6.07 Å². The molecule has 1 aromatic rings. The second-order valence-electron chi connectivity index (χ2n) is 3.80. The van der Waals surface area contributed by atoms with Crippen molar-refractivity contribution in [2.45, 2.75) is 20.3 Å². The highest BCUT2D eigenvalue weighted by Gasteiger charge is 2.17. The van der Waals surface area contributed by atoms with E-state index in [1.165, 1.54) is 12.1 Å². The van der Waals surface area contributed by atoms with E-state index < -0.39 is 5.41 Å². The third-order valence-corrected chi connectivity index (χ3v) is 1.84. The van der Waals surface area contributed by atoms with Gasteiger partial charge in [0.2, 0.25) is 0 Å². The van der Waals surface area contributed by atoms with Crippen LogP contribution >= 0.6 is 0 Å². The molecular formula is C11H12FN. The quantitative estimate of drug-likeness (QED) is 0.681. The molecule has 0 aliphatic heterocycles. The summed E-state index contributed by atoms with van der Waals surface area (Å²) in [6.45, 7) is 3.69. The first kappa shape index (κ1) is 9.73. The van der Waals surface area contributed by atoms with E-state index in [2.05, 4.69) is 6.07 Å². The highest BCUT2D eigenvalue weighted by Crippen LogP contribution is 2.20. The van der Waals surface area contributed by atoms with E-state index in [0.29, 0.717) is 6.42 Å². The van der Waals surface area contributed by atoms with Crippen LogP contribution in [0, 0.1) is 22.6 Å². The molecule has 0 aromatic heterocycles. The molecule has 0 N–H and O–H groups in total. The van der Waals surface area contributed by atoms with Crippen molar-refractivity contribution in [2.75, 3.05) is 0 Å². The summed E-state index contributed by atoms with van der Waals surface area (Å²) < 4.78 is 12.8. The Bertz CT molecular complexity index is 336. The second-order valence-corrected chi connectivity index (χ2v) is 3.80. The lowest BCUT2D eigenvalue weighted by Crippen LogP contribution is -2.11. The minimum Gasteiger partial charge on any atom is -0.207 e. The Hall–Kier alpha value is -1.36. The molecule has 1 rings (SSSR count). The lowest BCUT2D eigenvalue weighted by molar-refractivity contribution is 0.491. The molecule has 1 aromatic carbocycles. The fraction of sp³-hybridized carbons (Fsp3) is 0.364. The number of hydrogen-bond acceptors (Lipinski definition) is 1. The summed E-state index contributed by atoms with van der Waals surface area (Å²) in [5, 5.41) is 8.78. The highest BCUT2D eigenvalue weighted by atomic mass is 19.1. The van der Waals surface area contributed by atoms with E-state index in [1.807, 2.05) is 19.9 Å². The molecule has 0 aliphatic carbocycles. The monoisotopic (exact) mass is 177 g/mol. The van der Waals surface area contributed by atoms with Crippen LogP contribution in [0.15, 0.2) is 24.3 Å². The summed E-state index contributed by atoms with van der Waals surface area (Å²) in [6, 6.07) is 8.56. The molecule has 68 valence electrons. The predicted octanol–water partition coefficient (Wildman–Crippen LogP) is 2.92. The van der Waals surface area contributed by atoms with Crippen LogP contribution in [0.25, 0.3) is 0 Å². The third-order valence-electron chi connectivity index (χ3n) is 1.84. The standard InChI is InChI=1S/C11H12FN/c1-11(2,8-13)7-9-4-3-5-10(12)6-9/h3-6H,7H2,1-2H3. The van der Waals surface area contributed by atoms with Gasteiger partial charge in [-0.05, 0) is 38.0 Å². The maximum atomic E-state index is 12.8. The fourth-order valence-electron chi connectivity index (χ4n) is 1.20. The largest absolute Gasteiger partial charge is 0.207 e. The van der Waals surface area contributed by atoms with E-state index in [1.54, 1.807) is 6.07 Å². The van der Waals surface area contributed by atoms with Crippen molar-refractivity contribution in [2.24, 2.45) is 5.41 Å². The molecule has 1 nitrogen and oxygen atoms in total. The van der Waals surface area contributed by atoms with Crippen LogP contribution in [0.3, 0.4) is 0 Å². The first-order valence-electron chi connectivity index (χ1n) is 4.19. The summed E-state index contributed by atoms with van der Waals surface area (Å²) >= 11 is 0. The molecule has 2 heteroatoms. The Morgan fingerprint density at radius 1 is 1.46 bits per heavy atom. The van der Waals surface area contributed by atoms with Gasteiger partial charge in [0.25, 0.3) is 0 Å². The van der Waals surface area contributed by atoms with Crippen molar-refractivity contribution in [3.63, 3.8) is 0 Å². The lowest BCUT2D eigenvalue weighted by atomic mass is 9.87. The van der Waals surface area contributed by atoms with Crippen LogP contribution in [-0.4, -0.2) is 0 Å². The first-order valence-corrected chi connectivity index (χ1v) is 4.19. The summed E-state index contributed by atoms with van der Waals surface area (Å²) in [5.74, 6) is -0.244. The predicted molar refractivity (Wildman–Crippen MR) is 49.5 cm³/mol. The molecular weight excluding hydrogens is 165 g/mol. The van der Waals surface area contributed by atoms with Gasteiger partial charge in [-0.3, -0.25) is 0 Å². The normalized spacial score (nSPS) is 10.9. The van der Waals surface area contributed by atoms with Crippen LogP contribution < -0.4 is 0 Å². The molecule has 0 saturated heterocycles. The summed E-state index contributed by atoms with van der Waals surface area (Å²) in [5.41, 5.74) is 0.444. The molecule has 0 unspecified atom stereocenters. The molecule has 0 amide bonds. The van der Waals surface area contributed by atoms with E-state index in [0.717, 1.165) is 5.56 Å². The van der Waals surface area contributed by atoms with Gasteiger partial charge in [-0.2, -0.15) is 5.26 Å². The zero-order valence-electron chi connectivity index (χ0n) is 7.84. The molecule has 0 saturated carbocycles. The maximum Gasteiger partial charge on any atom is 0.123 e. The Labute approximate surface area is 77.8 Å². The van der Waals surface area contributed by atoms with Gasteiger partial charge in [0.1, 0.15) is 5.82 Å². The van der Waals surface area contributed by atoms with Gasteiger partial charge in [-0.15, -0.1) is 0 Å². The van der Waals surface area contributed by atoms with Crippen molar-refractivity contribution >= 4 is 0 Å². The van der Waals surface area contributed by atoms with Crippen molar-refractivity contribution < 1.29 is 4.39 Å². The smallest absolute Gasteiger partial charge is 0.123 e. The van der Waals surface area contributed by atoms with Gasteiger partial charge >= 0.3 is 0 Å². The van der Waals surface area contributed by atoms with Gasteiger partial charge in [-0.1, -0.05) is 12.1 Å². The number of rotatable bonds is 2. The van der Waals surface area contributed by atoms with Gasteiger partial charge < -0.3 is 0 Å². The van der Waals surface area contributed by atoms with Crippen LogP contribution in [-0.2, 0) is 6.42 Å². The van der Waals surface area contributed by atoms with Crippen LogP contribution in [0.2, 0.25) is 0 Å². The minimum atomic E-state index is -0.423. The van der Waals surface area contributed by atoms with Crippen molar-refractivity contribution in [1.29, 1.82) is 5.26 Å². The molecule has 0 aliphatic rings. The Morgan fingerprint density at radius 3 is 2.69 bits per heavy atom. The van der Waals surface area contributed by atoms with Crippen molar-refractivity contribution in [3.05, 3.63) is 35.6 Å². The molecule has 0 atom stereocenters. The van der Waals surface area contributed by atoms with Crippen LogP contribution in [0.4, 0.5) is 4.39 Å². The van der Waals surface area contributed by atoms with E-state index in [9.17, 15) is 4.39 Å². The summed E-state index contributed by atoms with van der Waals surface area (Å²) in [4.78, 5) is 0. The maximum absolute atomic E-state index is 12.8. The van der Waals surface area contributed by atoms with Crippen LogP contribution in [0.5, 0.6) is 0 Å². The third kappa shape index (κ3) is 2.87. The van der Waals surface area contributed by atoms with E-state index >= 15 is 0 Å². The van der Waals surface area contributed by atoms with E-state index in [4.69, 9.17) is 5.26 Å². The number of halogens is 1. The highest BCUT2D eigenvalue weighted by molar-refractivity contribution is 5.19. The lowest BCUT2D eigenvalue weighted by Gasteiger charge is -2.14. The Kier molecular flexibility index (Phi) is 2.67. The average Bonchev–Trinajstić information content (AvgIpc) is 2.03. The van der Waals surface area contributed by atoms with E-state index in [-0.39, 0.29) is 5.82 Å². The second kappa shape index (κ2) is 3.57. The first-order chi connectivity index (χ1) is 6.03. The molecule has 0 heterocycles. The fourth-order valence-corrected chi connectivity index (χ4v) is 1.20. The van der Waals surface area contributed by atoms with Gasteiger partial charge in [0, 0.05) is 0 Å². The summed E-state index contributed by atoms with van der Waals surface area (Å²) in [7, 11) is 0. The number of nitriles is 1. The number of benzene rings is 1. The van der Waals surface area contributed by atoms with Gasteiger partial charge in [0.05, 0.1) is 11.5 Å². The Balaban J connectivity index is 2.82. The molecule has 0 bridgehead atoms. The van der Waals surface area contributed by atoms with Gasteiger partial charge in [-0.25, -0.2) is 4.39 Å². The zero-order valence-corrected chi connectivity index (χ0v) is 7.84. The SMILES string of the molecule is CC(C)(C#N)Cc1cccc(F)c1. The number of nitrogens with zero attached hydrogens (tertiary/aromatic N) is 1. The average molecular weight is 177 g/mol. The van der Waals surface area contributed by atoms with Gasteiger partial charge in [0.15, 0.2) is 0 Å². The van der Waals surface area contributed by atoms with Crippen LogP contribution in [0.1, 0.15) is 19.4 Å². The molecule has 13 heavy (non-hydrogen) atoms. The molecule has 0 spiro atoms.